The Hall–Kier alpha value is -2.04. The van der Waals surface area contributed by atoms with E-state index in [4.69, 9.17) is 23.2 Å². The lowest BCUT2D eigenvalue weighted by atomic mass is 10.1. The van der Waals surface area contributed by atoms with Crippen LogP contribution < -0.4 is 5.32 Å². The molecule has 0 radical (unpaired) electrons. The van der Waals surface area contributed by atoms with Gasteiger partial charge in [-0.2, -0.15) is 0 Å². The minimum absolute atomic E-state index is 0.121. The van der Waals surface area contributed by atoms with Gasteiger partial charge in [-0.25, -0.2) is 4.98 Å². The zero-order chi connectivity index (χ0) is 16.6. The third kappa shape index (κ3) is 3.33. The number of nitrogens with one attached hydrogen (secondary N) is 1. The summed E-state index contributed by atoms with van der Waals surface area (Å²) >= 11 is 12.1. The van der Waals surface area contributed by atoms with Crippen LogP contribution in [-0.2, 0) is 11.2 Å². The van der Waals surface area contributed by atoms with Crippen LogP contribution in [0, 0.1) is 13.8 Å². The molecule has 4 nitrogen and oxygen atoms in total. The van der Waals surface area contributed by atoms with Gasteiger partial charge in [0, 0.05) is 18.1 Å². The SMILES string of the molecule is Cc1cccc(NC(=O)Cc2cn3cc(Cl)cc(Cl)c3n2)c1C. The van der Waals surface area contributed by atoms with Gasteiger partial charge in [-0.3, -0.25) is 4.79 Å². The van der Waals surface area contributed by atoms with Crippen LogP contribution in [0.5, 0.6) is 0 Å². The topological polar surface area (TPSA) is 46.4 Å². The molecule has 0 aliphatic heterocycles. The first kappa shape index (κ1) is 15.8. The van der Waals surface area contributed by atoms with Crippen LogP contribution in [0.3, 0.4) is 0 Å². The maximum atomic E-state index is 12.3. The largest absolute Gasteiger partial charge is 0.325 e. The zero-order valence-electron chi connectivity index (χ0n) is 12.7. The second-order valence-electron chi connectivity index (χ2n) is 5.44. The van der Waals surface area contributed by atoms with E-state index in [2.05, 4.69) is 10.3 Å². The van der Waals surface area contributed by atoms with Crippen LogP contribution in [0.25, 0.3) is 5.65 Å². The van der Waals surface area contributed by atoms with Crippen LogP contribution in [-0.4, -0.2) is 15.3 Å². The number of hydrogen-bond acceptors (Lipinski definition) is 2. The van der Waals surface area contributed by atoms with Crippen LogP contribution in [0.4, 0.5) is 5.69 Å². The van der Waals surface area contributed by atoms with E-state index in [9.17, 15) is 4.79 Å². The van der Waals surface area contributed by atoms with Gasteiger partial charge < -0.3 is 9.72 Å². The Morgan fingerprint density at radius 1 is 1.26 bits per heavy atom. The lowest BCUT2D eigenvalue weighted by molar-refractivity contribution is -0.115. The fourth-order valence-electron chi connectivity index (χ4n) is 2.41. The summed E-state index contributed by atoms with van der Waals surface area (Å²) in [6.45, 7) is 4.00. The van der Waals surface area contributed by atoms with Gasteiger partial charge in [0.2, 0.25) is 5.91 Å². The zero-order valence-corrected chi connectivity index (χ0v) is 14.2. The van der Waals surface area contributed by atoms with Gasteiger partial charge in [0.05, 0.1) is 22.2 Å². The molecule has 0 saturated carbocycles. The molecular weight excluding hydrogens is 333 g/mol. The molecule has 0 unspecified atom stereocenters. The second-order valence-corrected chi connectivity index (χ2v) is 6.29. The van der Waals surface area contributed by atoms with Gasteiger partial charge in [0.15, 0.2) is 5.65 Å². The normalized spacial score (nSPS) is 11.0. The lowest BCUT2D eigenvalue weighted by Gasteiger charge is -2.09. The molecule has 0 fully saturated rings. The van der Waals surface area contributed by atoms with Gasteiger partial charge >= 0.3 is 0 Å². The number of carbonyl (C=O) groups excluding carboxylic acids is 1. The fourth-order valence-corrected chi connectivity index (χ4v) is 2.93. The van der Waals surface area contributed by atoms with Gasteiger partial charge in [-0.05, 0) is 37.1 Å². The average Bonchev–Trinajstić information content (AvgIpc) is 2.86. The predicted molar refractivity (Wildman–Crippen MR) is 93.5 cm³/mol. The molecule has 1 aromatic carbocycles. The molecule has 1 N–H and O–H groups in total. The molecule has 118 valence electrons. The molecule has 2 aromatic heterocycles. The lowest BCUT2D eigenvalue weighted by Crippen LogP contribution is -2.15. The molecule has 0 spiro atoms. The molecule has 1 amide bonds. The monoisotopic (exact) mass is 347 g/mol. The van der Waals surface area contributed by atoms with E-state index in [1.54, 1.807) is 22.9 Å². The van der Waals surface area contributed by atoms with Crippen LogP contribution in [0.1, 0.15) is 16.8 Å². The summed E-state index contributed by atoms with van der Waals surface area (Å²) in [6, 6.07) is 7.45. The van der Waals surface area contributed by atoms with E-state index in [-0.39, 0.29) is 12.3 Å². The number of halogens is 2. The molecule has 2 heterocycles. The highest BCUT2D eigenvalue weighted by Crippen LogP contribution is 2.22. The van der Waals surface area contributed by atoms with Crippen LogP contribution >= 0.6 is 23.2 Å². The highest BCUT2D eigenvalue weighted by molar-refractivity contribution is 6.36. The van der Waals surface area contributed by atoms with Crippen molar-refractivity contribution in [2.24, 2.45) is 0 Å². The summed E-state index contributed by atoms with van der Waals surface area (Å²) in [5.74, 6) is -0.121. The number of carbonyl (C=O) groups is 1. The Bertz CT molecular complexity index is 902. The third-order valence-electron chi connectivity index (χ3n) is 3.74. The Morgan fingerprint density at radius 3 is 2.83 bits per heavy atom. The Morgan fingerprint density at radius 2 is 2.04 bits per heavy atom. The number of fused-ring (bicyclic) bond motifs is 1. The molecule has 6 heteroatoms. The Kier molecular flexibility index (Phi) is 4.28. The van der Waals surface area contributed by atoms with Gasteiger partial charge in [-0.15, -0.1) is 0 Å². The number of pyridine rings is 1. The minimum Gasteiger partial charge on any atom is -0.325 e. The number of anilines is 1. The maximum absolute atomic E-state index is 12.3. The number of benzene rings is 1. The van der Waals surface area contributed by atoms with E-state index >= 15 is 0 Å². The quantitative estimate of drug-likeness (QED) is 0.761. The van der Waals surface area contributed by atoms with Gasteiger partial charge in [0.25, 0.3) is 0 Å². The Balaban J connectivity index is 1.80. The smallest absolute Gasteiger partial charge is 0.230 e. The van der Waals surface area contributed by atoms with Crippen molar-refractivity contribution in [3.8, 4) is 0 Å². The van der Waals surface area contributed by atoms with Crippen LogP contribution in [0.2, 0.25) is 10.0 Å². The molecule has 0 aliphatic rings. The molecule has 0 saturated heterocycles. The van der Waals surface area contributed by atoms with Gasteiger partial charge in [-0.1, -0.05) is 35.3 Å². The predicted octanol–water partition coefficient (Wildman–Crippen LogP) is 4.44. The molecule has 0 aliphatic carbocycles. The van der Waals surface area contributed by atoms with E-state index in [0.29, 0.717) is 21.4 Å². The number of aryl methyl sites for hydroxylation is 1. The van der Waals surface area contributed by atoms with Crippen molar-refractivity contribution in [3.63, 3.8) is 0 Å². The molecule has 0 bridgehead atoms. The average molecular weight is 348 g/mol. The number of hydrogen-bond donors (Lipinski definition) is 1. The first-order valence-electron chi connectivity index (χ1n) is 7.13. The van der Waals surface area contributed by atoms with Gasteiger partial charge in [0.1, 0.15) is 0 Å². The van der Waals surface area contributed by atoms with Crippen molar-refractivity contribution in [1.29, 1.82) is 0 Å². The fraction of sp³-hybridized carbons (Fsp3) is 0.176. The van der Waals surface area contributed by atoms with E-state index < -0.39 is 0 Å². The first-order valence-corrected chi connectivity index (χ1v) is 7.88. The van der Waals surface area contributed by atoms with E-state index in [0.717, 1.165) is 16.8 Å². The second kappa shape index (κ2) is 6.22. The van der Waals surface area contributed by atoms with Crippen molar-refractivity contribution in [3.05, 3.63) is 63.5 Å². The molecule has 0 atom stereocenters. The number of rotatable bonds is 3. The molecule has 3 aromatic rings. The minimum atomic E-state index is -0.121. The highest BCUT2D eigenvalue weighted by atomic mass is 35.5. The number of imidazole rings is 1. The maximum Gasteiger partial charge on any atom is 0.230 e. The van der Waals surface area contributed by atoms with Crippen molar-refractivity contribution in [1.82, 2.24) is 9.38 Å². The molecule has 23 heavy (non-hydrogen) atoms. The number of nitrogens with zero attached hydrogens (tertiary/aromatic N) is 2. The van der Waals surface area contributed by atoms with Crippen LogP contribution in [0.15, 0.2) is 36.7 Å². The van der Waals surface area contributed by atoms with Crippen molar-refractivity contribution >= 4 is 40.4 Å². The summed E-state index contributed by atoms with van der Waals surface area (Å²) in [6.07, 6.45) is 3.64. The summed E-state index contributed by atoms with van der Waals surface area (Å²) in [7, 11) is 0. The number of aromatic nitrogens is 2. The summed E-state index contributed by atoms with van der Waals surface area (Å²) in [5, 5.41) is 3.90. The highest BCUT2D eigenvalue weighted by Gasteiger charge is 2.11. The molecular formula is C17H15Cl2N3O. The number of amides is 1. The van der Waals surface area contributed by atoms with Crippen molar-refractivity contribution in [2.75, 3.05) is 5.32 Å². The van der Waals surface area contributed by atoms with E-state index in [1.165, 1.54) is 0 Å². The summed E-state index contributed by atoms with van der Waals surface area (Å²) in [4.78, 5) is 16.6. The van der Waals surface area contributed by atoms with E-state index in [1.807, 2.05) is 32.0 Å². The Labute approximate surface area is 144 Å². The van der Waals surface area contributed by atoms with Crippen molar-refractivity contribution < 1.29 is 4.79 Å². The summed E-state index contributed by atoms with van der Waals surface area (Å²) in [5.41, 5.74) is 4.24. The summed E-state index contributed by atoms with van der Waals surface area (Å²) < 4.78 is 1.73. The first-order chi connectivity index (χ1) is 10.9. The van der Waals surface area contributed by atoms with Crippen molar-refractivity contribution in [2.45, 2.75) is 20.3 Å². The molecule has 3 rings (SSSR count). The standard InChI is InChI=1S/C17H15Cl2N3O/c1-10-4-3-5-15(11(10)2)21-16(23)7-13-9-22-8-12(18)6-14(19)17(22)20-13/h3-6,8-9H,7H2,1-2H3,(H,21,23). The third-order valence-corrected chi connectivity index (χ3v) is 4.23.